The minimum Gasteiger partial charge on any atom is -0.477 e. The topological polar surface area (TPSA) is 59.4 Å². The van der Waals surface area contributed by atoms with Gasteiger partial charge in [-0.2, -0.15) is 0 Å². The van der Waals surface area contributed by atoms with Gasteiger partial charge < -0.3 is 9.84 Å². The maximum atomic E-state index is 11.4. The molecule has 0 radical (unpaired) electrons. The Morgan fingerprint density at radius 3 is 2.57 bits per heavy atom. The van der Waals surface area contributed by atoms with Crippen LogP contribution in [0.25, 0.3) is 10.9 Å². The van der Waals surface area contributed by atoms with Crippen molar-refractivity contribution in [3.63, 3.8) is 0 Å². The molecule has 0 saturated carbocycles. The highest BCUT2D eigenvalue weighted by Gasteiger charge is 2.16. The van der Waals surface area contributed by atoms with Crippen molar-refractivity contribution in [1.82, 2.24) is 4.98 Å². The van der Waals surface area contributed by atoms with Crippen LogP contribution in [0.1, 0.15) is 10.4 Å². The summed E-state index contributed by atoms with van der Waals surface area (Å²) in [6.45, 7) is 0. The first kappa shape index (κ1) is 13.4. The van der Waals surface area contributed by atoms with E-state index in [1.54, 1.807) is 36.4 Å². The highest BCUT2D eigenvalue weighted by molar-refractivity contribution is 6.32. The SMILES string of the molecule is O=C(O)c1cc2ccccc2nc1Oc1ccccc1Cl. The molecule has 0 atom stereocenters. The predicted octanol–water partition coefficient (Wildman–Crippen LogP) is 4.38. The van der Waals surface area contributed by atoms with E-state index in [0.29, 0.717) is 16.3 Å². The van der Waals surface area contributed by atoms with Gasteiger partial charge in [0.05, 0.1) is 10.5 Å². The summed E-state index contributed by atoms with van der Waals surface area (Å²) in [5, 5.41) is 10.4. The van der Waals surface area contributed by atoms with Gasteiger partial charge in [0.2, 0.25) is 5.88 Å². The second kappa shape index (κ2) is 5.42. The molecule has 5 heteroatoms. The lowest BCUT2D eigenvalue weighted by Gasteiger charge is -2.10. The van der Waals surface area contributed by atoms with E-state index >= 15 is 0 Å². The molecule has 1 heterocycles. The van der Waals surface area contributed by atoms with Gasteiger partial charge in [-0.15, -0.1) is 0 Å². The average molecular weight is 300 g/mol. The van der Waals surface area contributed by atoms with E-state index in [2.05, 4.69) is 4.98 Å². The molecule has 4 nitrogen and oxygen atoms in total. The van der Waals surface area contributed by atoms with Crippen molar-refractivity contribution in [2.75, 3.05) is 0 Å². The van der Waals surface area contributed by atoms with Gasteiger partial charge in [-0.25, -0.2) is 9.78 Å². The Balaban J connectivity index is 2.14. The monoisotopic (exact) mass is 299 g/mol. The van der Waals surface area contributed by atoms with Crippen LogP contribution in [-0.4, -0.2) is 16.1 Å². The number of carbonyl (C=O) groups is 1. The zero-order chi connectivity index (χ0) is 14.8. The molecule has 0 bridgehead atoms. The lowest BCUT2D eigenvalue weighted by molar-refractivity contribution is 0.0693. The largest absolute Gasteiger partial charge is 0.477 e. The number of aromatic carboxylic acids is 1. The fourth-order valence-corrected chi connectivity index (χ4v) is 2.14. The number of carboxylic acids is 1. The van der Waals surface area contributed by atoms with Crippen LogP contribution in [0.2, 0.25) is 5.02 Å². The van der Waals surface area contributed by atoms with E-state index < -0.39 is 5.97 Å². The highest BCUT2D eigenvalue weighted by Crippen LogP contribution is 2.31. The van der Waals surface area contributed by atoms with Crippen LogP contribution in [0.5, 0.6) is 11.6 Å². The molecular weight excluding hydrogens is 290 g/mol. The summed E-state index contributed by atoms with van der Waals surface area (Å²) < 4.78 is 5.59. The van der Waals surface area contributed by atoms with E-state index in [-0.39, 0.29) is 11.4 Å². The Hall–Kier alpha value is -2.59. The molecule has 1 aromatic heterocycles. The fraction of sp³-hybridized carbons (Fsp3) is 0. The van der Waals surface area contributed by atoms with Crippen LogP contribution in [0.4, 0.5) is 0 Å². The summed E-state index contributed by atoms with van der Waals surface area (Å²) in [6, 6.07) is 15.6. The summed E-state index contributed by atoms with van der Waals surface area (Å²) in [7, 11) is 0. The number of rotatable bonds is 3. The minimum atomic E-state index is -1.10. The van der Waals surface area contributed by atoms with Gasteiger partial charge in [0.25, 0.3) is 0 Å². The molecular formula is C16H10ClNO3. The average Bonchev–Trinajstić information content (AvgIpc) is 2.48. The molecule has 3 rings (SSSR count). The normalized spacial score (nSPS) is 10.5. The Kier molecular flexibility index (Phi) is 3.46. The van der Waals surface area contributed by atoms with Crippen LogP contribution in [-0.2, 0) is 0 Å². The van der Waals surface area contributed by atoms with Crippen molar-refractivity contribution in [1.29, 1.82) is 0 Å². The minimum absolute atomic E-state index is 0.00591. The number of ether oxygens (including phenoxy) is 1. The summed E-state index contributed by atoms with van der Waals surface area (Å²) >= 11 is 6.02. The van der Waals surface area contributed by atoms with Gasteiger partial charge in [-0.05, 0) is 24.3 Å². The molecule has 0 aliphatic carbocycles. The molecule has 0 fully saturated rings. The Morgan fingerprint density at radius 2 is 1.81 bits per heavy atom. The van der Waals surface area contributed by atoms with E-state index in [0.717, 1.165) is 5.39 Å². The summed E-state index contributed by atoms with van der Waals surface area (Å²) in [5.41, 5.74) is 0.651. The van der Waals surface area contributed by atoms with Crippen molar-refractivity contribution in [3.8, 4) is 11.6 Å². The van der Waals surface area contributed by atoms with Crippen LogP contribution >= 0.6 is 11.6 Å². The first-order valence-electron chi connectivity index (χ1n) is 6.20. The number of carboxylic acid groups (broad SMARTS) is 1. The van der Waals surface area contributed by atoms with Gasteiger partial charge in [-0.3, -0.25) is 0 Å². The molecule has 0 spiro atoms. The van der Waals surface area contributed by atoms with E-state index in [9.17, 15) is 9.90 Å². The number of nitrogens with zero attached hydrogens (tertiary/aromatic N) is 1. The molecule has 104 valence electrons. The van der Waals surface area contributed by atoms with E-state index in [1.807, 2.05) is 12.1 Å². The van der Waals surface area contributed by atoms with Gasteiger partial charge in [0.1, 0.15) is 11.3 Å². The van der Waals surface area contributed by atoms with Gasteiger partial charge >= 0.3 is 5.97 Å². The smallest absolute Gasteiger partial charge is 0.341 e. The van der Waals surface area contributed by atoms with E-state index in [1.165, 1.54) is 6.07 Å². The number of pyridine rings is 1. The second-order valence-electron chi connectivity index (χ2n) is 4.37. The number of halogens is 1. The molecule has 0 saturated heterocycles. The fourth-order valence-electron chi connectivity index (χ4n) is 1.96. The number of benzene rings is 2. The molecule has 1 N–H and O–H groups in total. The zero-order valence-electron chi connectivity index (χ0n) is 10.8. The summed E-state index contributed by atoms with van der Waals surface area (Å²) in [6.07, 6.45) is 0. The molecule has 0 aliphatic heterocycles. The highest BCUT2D eigenvalue weighted by atomic mass is 35.5. The van der Waals surface area contributed by atoms with Crippen molar-refractivity contribution >= 4 is 28.5 Å². The second-order valence-corrected chi connectivity index (χ2v) is 4.78. The lowest BCUT2D eigenvalue weighted by atomic mass is 10.1. The van der Waals surface area contributed by atoms with Gasteiger partial charge in [0, 0.05) is 5.39 Å². The number of para-hydroxylation sites is 2. The van der Waals surface area contributed by atoms with Crippen molar-refractivity contribution in [2.24, 2.45) is 0 Å². The molecule has 21 heavy (non-hydrogen) atoms. The molecule has 0 aliphatic rings. The summed E-state index contributed by atoms with van der Waals surface area (Å²) in [4.78, 5) is 15.7. The number of hydrogen-bond donors (Lipinski definition) is 1. The third-order valence-corrected chi connectivity index (χ3v) is 3.27. The summed E-state index contributed by atoms with van der Waals surface area (Å²) in [5.74, 6) is -0.714. The van der Waals surface area contributed by atoms with Crippen molar-refractivity contribution in [3.05, 3.63) is 65.2 Å². The Bertz CT molecular complexity index is 833. The van der Waals surface area contributed by atoms with Crippen LogP contribution < -0.4 is 4.74 Å². The van der Waals surface area contributed by atoms with Crippen LogP contribution in [0, 0.1) is 0 Å². The van der Waals surface area contributed by atoms with Crippen molar-refractivity contribution in [2.45, 2.75) is 0 Å². The number of hydrogen-bond acceptors (Lipinski definition) is 3. The Labute approximate surface area is 125 Å². The molecule has 2 aromatic carbocycles. The zero-order valence-corrected chi connectivity index (χ0v) is 11.5. The Morgan fingerprint density at radius 1 is 1.10 bits per heavy atom. The predicted molar refractivity (Wildman–Crippen MR) is 80.2 cm³/mol. The van der Waals surface area contributed by atoms with Crippen molar-refractivity contribution < 1.29 is 14.6 Å². The van der Waals surface area contributed by atoms with Gasteiger partial charge in [-0.1, -0.05) is 41.9 Å². The number of fused-ring (bicyclic) bond motifs is 1. The third kappa shape index (κ3) is 2.66. The first-order valence-corrected chi connectivity index (χ1v) is 6.58. The quantitative estimate of drug-likeness (QED) is 0.779. The molecule has 0 amide bonds. The third-order valence-electron chi connectivity index (χ3n) is 2.96. The first-order chi connectivity index (χ1) is 10.1. The van der Waals surface area contributed by atoms with E-state index in [4.69, 9.17) is 16.3 Å². The molecule has 0 unspecified atom stereocenters. The number of aromatic nitrogens is 1. The van der Waals surface area contributed by atoms with Crippen LogP contribution in [0.15, 0.2) is 54.6 Å². The van der Waals surface area contributed by atoms with Crippen LogP contribution in [0.3, 0.4) is 0 Å². The van der Waals surface area contributed by atoms with Gasteiger partial charge in [0.15, 0.2) is 0 Å². The lowest BCUT2D eigenvalue weighted by Crippen LogP contribution is -2.02. The maximum Gasteiger partial charge on any atom is 0.341 e. The standard InChI is InChI=1S/C16H10ClNO3/c17-12-6-2-4-8-14(12)21-15-11(16(19)20)9-10-5-1-3-7-13(10)18-15/h1-9H,(H,19,20). The maximum absolute atomic E-state index is 11.4. The molecule has 3 aromatic rings.